The van der Waals surface area contributed by atoms with Crippen molar-refractivity contribution in [3.63, 3.8) is 0 Å². The summed E-state index contributed by atoms with van der Waals surface area (Å²) in [6, 6.07) is 16.9. The Hall–Kier alpha value is -1.84. The highest BCUT2D eigenvalue weighted by atomic mass is 35.5. The summed E-state index contributed by atoms with van der Waals surface area (Å²) in [6.07, 6.45) is 2.26. The number of aromatic nitrogens is 2. The van der Waals surface area contributed by atoms with E-state index < -0.39 is 0 Å². The molecule has 0 amide bonds. The number of hydrogen-bond acceptors (Lipinski definition) is 2. The Balaban J connectivity index is 1.62. The van der Waals surface area contributed by atoms with Gasteiger partial charge >= 0.3 is 0 Å². The highest BCUT2D eigenvalue weighted by molar-refractivity contribution is 6.30. The maximum atomic E-state index is 6.02. The van der Waals surface area contributed by atoms with E-state index in [1.54, 1.807) is 0 Å². The van der Waals surface area contributed by atoms with E-state index in [0.717, 1.165) is 34.8 Å². The largest absolute Gasteiger partial charge is 0.341 e. The quantitative estimate of drug-likeness (QED) is 0.736. The second-order valence-electron chi connectivity index (χ2n) is 6.41. The lowest BCUT2D eigenvalue weighted by atomic mass is 9.85. The smallest absolute Gasteiger partial charge is 0.124 e. The summed E-state index contributed by atoms with van der Waals surface area (Å²) in [5.41, 5.74) is 3.54. The van der Waals surface area contributed by atoms with Gasteiger partial charge in [0, 0.05) is 5.02 Å². The van der Waals surface area contributed by atoms with Gasteiger partial charge in [-0.25, -0.2) is 4.98 Å². The number of H-pyrrole nitrogens is 1. The van der Waals surface area contributed by atoms with Crippen molar-refractivity contribution in [3.8, 4) is 0 Å². The molecule has 23 heavy (non-hydrogen) atoms. The van der Waals surface area contributed by atoms with Crippen LogP contribution in [0, 0.1) is 0 Å². The number of para-hydroxylation sites is 2. The summed E-state index contributed by atoms with van der Waals surface area (Å²) in [5, 5.41) is 0.801. The third kappa shape index (κ3) is 2.87. The molecule has 2 atom stereocenters. The summed E-state index contributed by atoms with van der Waals surface area (Å²) in [5.74, 6) is 1.63. The lowest BCUT2D eigenvalue weighted by molar-refractivity contribution is 0.164. The number of benzene rings is 2. The van der Waals surface area contributed by atoms with Gasteiger partial charge in [0.1, 0.15) is 5.82 Å². The minimum atomic E-state index is 0.330. The van der Waals surface area contributed by atoms with Crippen molar-refractivity contribution in [2.24, 2.45) is 0 Å². The standard InChI is InChI=1S/C19H20ClN3/c1-23-11-10-14(13-6-8-15(20)9-7-13)12-18(23)19-21-16-4-2-3-5-17(16)22-19/h2-9,14,18H,10-12H2,1H3,(H,21,22). The fourth-order valence-electron chi connectivity index (χ4n) is 3.57. The van der Waals surface area contributed by atoms with E-state index in [2.05, 4.69) is 41.2 Å². The Kier molecular flexibility index (Phi) is 3.83. The van der Waals surface area contributed by atoms with Gasteiger partial charge in [-0.3, -0.25) is 4.90 Å². The minimum absolute atomic E-state index is 0.330. The van der Waals surface area contributed by atoms with Crippen LogP contribution in [0.1, 0.15) is 36.2 Å². The average Bonchev–Trinajstić information content (AvgIpc) is 3.00. The lowest BCUT2D eigenvalue weighted by Crippen LogP contribution is -2.33. The van der Waals surface area contributed by atoms with Gasteiger partial charge in [0.15, 0.2) is 0 Å². The second kappa shape index (κ2) is 5.99. The Morgan fingerprint density at radius 1 is 1.13 bits per heavy atom. The molecule has 1 N–H and O–H groups in total. The van der Waals surface area contributed by atoms with Gasteiger partial charge < -0.3 is 4.98 Å². The van der Waals surface area contributed by atoms with Gasteiger partial charge in [-0.15, -0.1) is 0 Å². The maximum absolute atomic E-state index is 6.02. The number of likely N-dealkylation sites (tertiary alicyclic amines) is 1. The van der Waals surface area contributed by atoms with Crippen molar-refractivity contribution < 1.29 is 0 Å². The van der Waals surface area contributed by atoms with Crippen LogP contribution < -0.4 is 0 Å². The van der Waals surface area contributed by atoms with E-state index in [1.165, 1.54) is 12.0 Å². The van der Waals surface area contributed by atoms with Crippen molar-refractivity contribution in [2.75, 3.05) is 13.6 Å². The van der Waals surface area contributed by atoms with Gasteiger partial charge in [0.25, 0.3) is 0 Å². The molecule has 1 aromatic heterocycles. The summed E-state index contributed by atoms with van der Waals surface area (Å²) in [6.45, 7) is 1.08. The number of hydrogen-bond donors (Lipinski definition) is 1. The number of fused-ring (bicyclic) bond motifs is 1. The van der Waals surface area contributed by atoms with E-state index in [-0.39, 0.29) is 0 Å². The first-order chi connectivity index (χ1) is 11.2. The number of piperidine rings is 1. The van der Waals surface area contributed by atoms with Crippen molar-refractivity contribution in [1.82, 2.24) is 14.9 Å². The van der Waals surface area contributed by atoms with Crippen molar-refractivity contribution in [3.05, 3.63) is 64.9 Å². The molecule has 0 spiro atoms. The van der Waals surface area contributed by atoms with Gasteiger partial charge in [0.2, 0.25) is 0 Å². The van der Waals surface area contributed by atoms with E-state index in [1.807, 2.05) is 24.3 Å². The van der Waals surface area contributed by atoms with Crippen LogP contribution in [0.3, 0.4) is 0 Å². The van der Waals surface area contributed by atoms with Crippen molar-refractivity contribution in [1.29, 1.82) is 0 Å². The third-order valence-electron chi connectivity index (χ3n) is 4.93. The highest BCUT2D eigenvalue weighted by Gasteiger charge is 2.30. The third-order valence-corrected chi connectivity index (χ3v) is 5.19. The molecular weight excluding hydrogens is 306 g/mol. The molecule has 4 heteroatoms. The van der Waals surface area contributed by atoms with Gasteiger partial charge in [-0.05, 0) is 62.2 Å². The summed E-state index contributed by atoms with van der Waals surface area (Å²) in [4.78, 5) is 10.7. The molecule has 2 unspecified atom stereocenters. The molecule has 1 aliphatic heterocycles. The Labute approximate surface area is 141 Å². The molecular formula is C19H20ClN3. The number of imidazole rings is 1. The van der Waals surface area contributed by atoms with Gasteiger partial charge in [0.05, 0.1) is 17.1 Å². The fourth-order valence-corrected chi connectivity index (χ4v) is 3.70. The molecule has 4 rings (SSSR count). The Bertz CT molecular complexity index is 776. The number of nitrogens with zero attached hydrogens (tertiary/aromatic N) is 2. The molecule has 0 bridgehead atoms. The molecule has 118 valence electrons. The minimum Gasteiger partial charge on any atom is -0.341 e. The number of nitrogens with one attached hydrogen (secondary N) is 1. The molecule has 3 nitrogen and oxygen atoms in total. The predicted molar refractivity (Wildman–Crippen MR) is 94.9 cm³/mol. The lowest BCUT2D eigenvalue weighted by Gasteiger charge is -2.36. The molecule has 0 aliphatic carbocycles. The van der Waals surface area contributed by atoms with E-state index >= 15 is 0 Å². The zero-order valence-electron chi connectivity index (χ0n) is 13.2. The molecule has 2 heterocycles. The van der Waals surface area contributed by atoms with Crippen LogP contribution in [0.5, 0.6) is 0 Å². The molecule has 0 saturated carbocycles. The fraction of sp³-hybridized carbons (Fsp3) is 0.316. The molecule has 0 radical (unpaired) electrons. The van der Waals surface area contributed by atoms with Crippen LogP contribution in [0.2, 0.25) is 5.02 Å². The zero-order chi connectivity index (χ0) is 15.8. The normalized spacial score (nSPS) is 22.5. The molecule has 1 saturated heterocycles. The number of aromatic amines is 1. The molecule has 3 aromatic rings. The van der Waals surface area contributed by atoms with Crippen molar-refractivity contribution in [2.45, 2.75) is 24.8 Å². The SMILES string of the molecule is CN1CCC(c2ccc(Cl)cc2)CC1c1nc2ccccc2[nH]1. The van der Waals surface area contributed by atoms with E-state index in [4.69, 9.17) is 16.6 Å². The summed E-state index contributed by atoms with van der Waals surface area (Å²) >= 11 is 6.02. The van der Waals surface area contributed by atoms with Crippen LogP contribution in [0.25, 0.3) is 11.0 Å². The van der Waals surface area contributed by atoms with Crippen molar-refractivity contribution >= 4 is 22.6 Å². The number of rotatable bonds is 2. The van der Waals surface area contributed by atoms with Crippen LogP contribution in [-0.2, 0) is 0 Å². The molecule has 1 fully saturated rings. The second-order valence-corrected chi connectivity index (χ2v) is 6.84. The Morgan fingerprint density at radius 2 is 1.91 bits per heavy atom. The van der Waals surface area contributed by atoms with Gasteiger partial charge in [-0.1, -0.05) is 35.9 Å². The first kappa shape index (κ1) is 14.7. The highest BCUT2D eigenvalue weighted by Crippen LogP contribution is 2.38. The van der Waals surface area contributed by atoms with E-state index in [9.17, 15) is 0 Å². The molecule has 2 aromatic carbocycles. The van der Waals surface area contributed by atoms with E-state index in [0.29, 0.717) is 12.0 Å². The number of halogens is 1. The topological polar surface area (TPSA) is 31.9 Å². The average molecular weight is 326 g/mol. The summed E-state index contributed by atoms with van der Waals surface area (Å²) in [7, 11) is 2.19. The maximum Gasteiger partial charge on any atom is 0.124 e. The molecule has 1 aliphatic rings. The van der Waals surface area contributed by atoms with Crippen LogP contribution in [0.15, 0.2) is 48.5 Å². The van der Waals surface area contributed by atoms with Gasteiger partial charge in [-0.2, -0.15) is 0 Å². The van der Waals surface area contributed by atoms with Crippen LogP contribution in [0.4, 0.5) is 0 Å². The first-order valence-corrected chi connectivity index (χ1v) is 8.49. The van der Waals surface area contributed by atoms with Crippen LogP contribution >= 0.6 is 11.6 Å². The first-order valence-electron chi connectivity index (χ1n) is 8.11. The zero-order valence-corrected chi connectivity index (χ0v) is 13.9. The Morgan fingerprint density at radius 3 is 2.70 bits per heavy atom. The predicted octanol–water partition coefficient (Wildman–Crippen LogP) is 4.77. The van der Waals surface area contributed by atoms with Crippen LogP contribution in [-0.4, -0.2) is 28.5 Å². The summed E-state index contributed by atoms with van der Waals surface area (Å²) < 4.78 is 0. The monoisotopic (exact) mass is 325 g/mol.